The Hall–Kier alpha value is -2.41. The lowest BCUT2D eigenvalue weighted by Gasteiger charge is -2.35. The molecule has 0 radical (unpaired) electrons. The molecular formula is C19H22N4O3. The van der Waals surface area contributed by atoms with E-state index in [1.807, 2.05) is 42.2 Å². The maximum atomic E-state index is 13.0. The first kappa shape index (κ1) is 15.8. The van der Waals surface area contributed by atoms with E-state index in [4.69, 9.17) is 9.25 Å². The fraction of sp³-hybridized carbons (Fsp3) is 0.526. The highest BCUT2D eigenvalue weighted by Gasteiger charge is 2.64. The topological polar surface area (TPSA) is 71.7 Å². The van der Waals surface area contributed by atoms with Crippen LogP contribution in [0.15, 0.2) is 34.7 Å². The zero-order valence-corrected chi connectivity index (χ0v) is 14.8. The molecule has 3 aliphatic rings. The fourth-order valence-corrected chi connectivity index (χ4v) is 4.26. The van der Waals surface area contributed by atoms with Crippen molar-refractivity contribution in [1.82, 2.24) is 20.2 Å². The Balaban J connectivity index is 1.38. The Morgan fingerprint density at radius 3 is 2.77 bits per heavy atom. The summed E-state index contributed by atoms with van der Waals surface area (Å²) in [5.41, 5.74) is 1.19. The summed E-state index contributed by atoms with van der Waals surface area (Å²) in [6.07, 6.45) is 3.82. The van der Waals surface area contributed by atoms with Gasteiger partial charge in [0.15, 0.2) is 0 Å². The number of amides is 2. The first-order chi connectivity index (χ1) is 12.7. The van der Waals surface area contributed by atoms with Crippen molar-refractivity contribution in [3.63, 3.8) is 0 Å². The van der Waals surface area contributed by atoms with Crippen LogP contribution in [0.2, 0.25) is 0 Å². The summed E-state index contributed by atoms with van der Waals surface area (Å²) in [5, 5.41) is 9.89. The van der Waals surface area contributed by atoms with Crippen molar-refractivity contribution in [2.75, 3.05) is 6.54 Å². The van der Waals surface area contributed by atoms with E-state index in [2.05, 4.69) is 10.2 Å². The zero-order chi connectivity index (χ0) is 17.7. The van der Waals surface area contributed by atoms with Crippen molar-refractivity contribution in [3.05, 3.63) is 47.7 Å². The van der Waals surface area contributed by atoms with Crippen molar-refractivity contribution in [2.24, 2.45) is 5.41 Å². The average molecular weight is 354 g/mol. The van der Waals surface area contributed by atoms with Gasteiger partial charge in [-0.2, -0.15) is 5.06 Å². The van der Waals surface area contributed by atoms with E-state index < -0.39 is 0 Å². The monoisotopic (exact) mass is 354 g/mol. The summed E-state index contributed by atoms with van der Waals surface area (Å²) < 4.78 is 5.78. The van der Waals surface area contributed by atoms with Crippen LogP contribution in [0, 0.1) is 5.41 Å². The van der Waals surface area contributed by atoms with Gasteiger partial charge in [-0.1, -0.05) is 37.3 Å². The molecule has 2 amide bonds. The van der Waals surface area contributed by atoms with Crippen LogP contribution >= 0.6 is 0 Å². The van der Waals surface area contributed by atoms with Gasteiger partial charge in [-0.3, -0.25) is 4.84 Å². The van der Waals surface area contributed by atoms with Gasteiger partial charge >= 0.3 is 6.03 Å². The van der Waals surface area contributed by atoms with Gasteiger partial charge in [0.25, 0.3) is 0 Å². The van der Waals surface area contributed by atoms with Crippen molar-refractivity contribution in [2.45, 2.75) is 51.3 Å². The molecule has 2 saturated heterocycles. The Morgan fingerprint density at radius 1 is 1.27 bits per heavy atom. The number of piperidine rings is 1. The average Bonchev–Trinajstić information content (AvgIpc) is 3.16. The van der Waals surface area contributed by atoms with E-state index in [-0.39, 0.29) is 23.5 Å². The highest BCUT2D eigenvalue weighted by molar-refractivity contribution is 5.77. The molecule has 3 fully saturated rings. The predicted molar refractivity (Wildman–Crippen MR) is 91.7 cm³/mol. The van der Waals surface area contributed by atoms with Crippen LogP contribution in [-0.4, -0.2) is 38.8 Å². The van der Waals surface area contributed by atoms with Crippen LogP contribution in [0.5, 0.6) is 0 Å². The predicted octanol–water partition coefficient (Wildman–Crippen LogP) is 3.10. The number of rotatable bonds is 5. The molecule has 7 nitrogen and oxygen atoms in total. The van der Waals surface area contributed by atoms with Gasteiger partial charge in [-0.05, 0) is 30.2 Å². The number of fused-ring (bicyclic) bond motifs is 3. The maximum absolute atomic E-state index is 13.0. The molecule has 2 atom stereocenters. The van der Waals surface area contributed by atoms with Gasteiger partial charge in [-0.25, -0.2) is 4.79 Å². The third-order valence-corrected chi connectivity index (χ3v) is 5.95. The van der Waals surface area contributed by atoms with Crippen molar-refractivity contribution in [1.29, 1.82) is 0 Å². The largest absolute Gasteiger partial charge is 0.423 e. The normalized spacial score (nSPS) is 26.0. The molecule has 1 aromatic carbocycles. The molecule has 2 bridgehead atoms. The number of nitrogens with zero attached hydrogens (tertiary/aromatic N) is 4. The quantitative estimate of drug-likeness (QED) is 0.825. The van der Waals surface area contributed by atoms with E-state index in [1.165, 1.54) is 0 Å². The SMILES string of the molecule is CCc1nnc([C@@H]2CC3(CC3)[C@@H]3CN2C(=O)N3OCc2ccccc2)o1. The molecule has 0 N–H and O–H groups in total. The molecule has 5 rings (SSSR count). The third kappa shape index (κ3) is 2.41. The number of carbonyl (C=O) groups is 1. The molecular weight excluding hydrogens is 332 g/mol. The lowest BCUT2D eigenvalue weighted by Crippen LogP contribution is -2.42. The van der Waals surface area contributed by atoms with E-state index >= 15 is 0 Å². The lowest BCUT2D eigenvalue weighted by atomic mass is 9.85. The second-order valence-electron chi connectivity index (χ2n) is 7.51. The van der Waals surface area contributed by atoms with Crippen LogP contribution in [-0.2, 0) is 17.9 Å². The van der Waals surface area contributed by atoms with Crippen LogP contribution in [0.4, 0.5) is 4.79 Å². The fourth-order valence-electron chi connectivity index (χ4n) is 4.26. The second kappa shape index (κ2) is 5.81. The minimum Gasteiger partial charge on any atom is -0.423 e. The van der Waals surface area contributed by atoms with Gasteiger partial charge in [0.2, 0.25) is 11.8 Å². The zero-order valence-electron chi connectivity index (χ0n) is 14.8. The van der Waals surface area contributed by atoms with Gasteiger partial charge in [0, 0.05) is 13.0 Å². The van der Waals surface area contributed by atoms with E-state index in [1.54, 1.807) is 5.06 Å². The molecule has 26 heavy (non-hydrogen) atoms. The molecule has 0 unspecified atom stereocenters. The number of aryl methyl sites for hydroxylation is 1. The van der Waals surface area contributed by atoms with Gasteiger partial charge < -0.3 is 9.32 Å². The van der Waals surface area contributed by atoms with Crippen molar-refractivity contribution < 1.29 is 14.0 Å². The molecule has 1 spiro atoms. The number of hydroxylamine groups is 2. The van der Waals surface area contributed by atoms with E-state index in [9.17, 15) is 4.79 Å². The standard InChI is InChI=1S/C19H22N4O3/c1-2-16-20-21-17(26-16)14-10-19(8-9-19)15-11-22(14)18(24)23(15)25-12-13-6-4-3-5-7-13/h3-7,14-15H,2,8-12H2,1H3/t14-,15-/m0/s1. The van der Waals surface area contributed by atoms with E-state index in [0.29, 0.717) is 31.4 Å². The summed E-state index contributed by atoms with van der Waals surface area (Å²) in [6, 6.07) is 9.83. The Morgan fingerprint density at radius 2 is 2.08 bits per heavy atom. The summed E-state index contributed by atoms with van der Waals surface area (Å²) >= 11 is 0. The van der Waals surface area contributed by atoms with Crippen LogP contribution in [0.25, 0.3) is 0 Å². The summed E-state index contributed by atoms with van der Waals surface area (Å²) in [6.45, 7) is 3.05. The highest BCUT2D eigenvalue weighted by Crippen LogP contribution is 2.61. The molecule has 1 saturated carbocycles. The van der Waals surface area contributed by atoms with Crippen LogP contribution < -0.4 is 0 Å². The molecule has 136 valence electrons. The Bertz CT molecular complexity index is 817. The number of urea groups is 1. The first-order valence-electron chi connectivity index (χ1n) is 9.29. The summed E-state index contributed by atoms with van der Waals surface area (Å²) in [5.74, 6) is 1.18. The third-order valence-electron chi connectivity index (χ3n) is 5.95. The van der Waals surface area contributed by atoms with Gasteiger partial charge in [0.05, 0.1) is 6.04 Å². The number of carbonyl (C=O) groups excluding carboxylic acids is 1. The first-order valence-corrected chi connectivity index (χ1v) is 9.29. The number of hydrogen-bond donors (Lipinski definition) is 0. The number of benzene rings is 1. The van der Waals surface area contributed by atoms with Gasteiger partial charge in [0.1, 0.15) is 12.6 Å². The number of hydrogen-bond acceptors (Lipinski definition) is 5. The lowest BCUT2D eigenvalue weighted by molar-refractivity contribution is -0.153. The Kier molecular flexibility index (Phi) is 3.53. The minimum atomic E-state index is -0.139. The smallest absolute Gasteiger partial charge is 0.345 e. The van der Waals surface area contributed by atoms with Crippen molar-refractivity contribution in [3.8, 4) is 0 Å². The molecule has 2 aliphatic heterocycles. The second-order valence-corrected chi connectivity index (χ2v) is 7.51. The van der Waals surface area contributed by atoms with E-state index in [0.717, 1.165) is 24.8 Å². The molecule has 7 heteroatoms. The molecule has 1 aromatic heterocycles. The summed E-state index contributed by atoms with van der Waals surface area (Å²) in [7, 11) is 0. The molecule has 1 aliphatic carbocycles. The maximum Gasteiger partial charge on any atom is 0.345 e. The van der Waals surface area contributed by atoms with Gasteiger partial charge in [-0.15, -0.1) is 10.2 Å². The van der Waals surface area contributed by atoms with Crippen LogP contribution in [0.3, 0.4) is 0 Å². The summed E-state index contributed by atoms with van der Waals surface area (Å²) in [4.78, 5) is 20.8. The highest BCUT2D eigenvalue weighted by atomic mass is 16.7. The number of aromatic nitrogens is 2. The van der Waals surface area contributed by atoms with Crippen molar-refractivity contribution >= 4 is 6.03 Å². The Labute approximate surface area is 151 Å². The minimum absolute atomic E-state index is 0.0871. The molecule has 2 aromatic rings. The molecule has 3 heterocycles. The van der Waals surface area contributed by atoms with Crippen LogP contribution in [0.1, 0.15) is 49.6 Å².